The van der Waals surface area contributed by atoms with E-state index in [1.165, 1.54) is 67.0 Å². The molecule has 4 atom stereocenters. The highest BCUT2D eigenvalue weighted by Gasteiger charge is 2.49. The van der Waals surface area contributed by atoms with Gasteiger partial charge in [-0.1, -0.05) is 188 Å². The Morgan fingerprint density at radius 3 is 1.76 bits per heavy atom. The van der Waals surface area contributed by atoms with E-state index in [0.29, 0.717) is 5.92 Å². The van der Waals surface area contributed by atoms with Gasteiger partial charge in [0.05, 0.1) is 11.5 Å². The molecule has 0 fully saturated rings. The molecular formula is C61H46N2. The van der Waals surface area contributed by atoms with Gasteiger partial charge in [0.1, 0.15) is 0 Å². The van der Waals surface area contributed by atoms with Crippen molar-refractivity contribution in [2.75, 3.05) is 9.80 Å². The summed E-state index contributed by atoms with van der Waals surface area (Å²) >= 11 is 0. The minimum atomic E-state index is -0.358. The lowest BCUT2D eigenvalue weighted by molar-refractivity contribution is 0.457. The summed E-state index contributed by atoms with van der Waals surface area (Å²) in [6.45, 7) is 0. The van der Waals surface area contributed by atoms with E-state index < -0.39 is 0 Å². The minimum absolute atomic E-state index is 0.253. The summed E-state index contributed by atoms with van der Waals surface area (Å²) in [5.74, 6) is 0.552. The van der Waals surface area contributed by atoms with E-state index in [2.05, 4.69) is 259 Å². The molecule has 8 aromatic carbocycles. The summed E-state index contributed by atoms with van der Waals surface area (Å²) in [4.78, 5) is 4.94. The average molecular weight is 807 g/mol. The SMILES string of the molecule is C1=CCC(C2(c3ccccc3)c3ccccc3-c3ccc(N(c4ccc(-c5ccccc5)cc4)c4ccc(-c5ccc6c(c5)C5C=CC=CC5N6c5ccccc5)cc4)cc32)C=C1. The Hall–Kier alpha value is -7.68. The zero-order valence-corrected chi connectivity index (χ0v) is 35.0. The lowest BCUT2D eigenvalue weighted by Gasteiger charge is -2.40. The van der Waals surface area contributed by atoms with Crippen molar-refractivity contribution in [2.24, 2.45) is 5.92 Å². The summed E-state index contributed by atoms with van der Waals surface area (Å²) in [6.07, 6.45) is 19.3. The summed E-state index contributed by atoms with van der Waals surface area (Å²) in [7, 11) is 0. The third kappa shape index (κ3) is 6.09. The molecule has 0 aromatic heterocycles. The van der Waals surface area contributed by atoms with Crippen molar-refractivity contribution in [2.45, 2.75) is 23.8 Å². The number of allylic oxidation sites excluding steroid dienone is 6. The normalized spacial score (nSPS) is 19.9. The highest BCUT2D eigenvalue weighted by molar-refractivity contribution is 5.89. The van der Waals surface area contributed by atoms with Gasteiger partial charge in [-0.3, -0.25) is 0 Å². The molecule has 0 N–H and O–H groups in total. The first kappa shape index (κ1) is 37.1. The summed E-state index contributed by atoms with van der Waals surface area (Å²) in [6, 6.07) is 74.6. The van der Waals surface area contributed by atoms with Crippen LogP contribution in [0.4, 0.5) is 28.4 Å². The third-order valence-corrected chi connectivity index (χ3v) is 13.9. The van der Waals surface area contributed by atoms with Crippen molar-refractivity contribution in [3.63, 3.8) is 0 Å². The van der Waals surface area contributed by atoms with Crippen LogP contribution < -0.4 is 9.80 Å². The van der Waals surface area contributed by atoms with Crippen LogP contribution in [0.25, 0.3) is 33.4 Å². The number of nitrogens with zero attached hydrogens (tertiary/aromatic N) is 2. The molecule has 3 aliphatic carbocycles. The molecule has 0 saturated heterocycles. The van der Waals surface area contributed by atoms with Gasteiger partial charge in [0.15, 0.2) is 0 Å². The van der Waals surface area contributed by atoms with Crippen molar-refractivity contribution in [3.8, 4) is 33.4 Å². The van der Waals surface area contributed by atoms with Crippen LogP contribution in [0, 0.1) is 5.92 Å². The first-order chi connectivity index (χ1) is 31.3. The Bertz CT molecular complexity index is 3090. The molecule has 0 amide bonds. The number of anilines is 5. The monoisotopic (exact) mass is 806 g/mol. The Kier molecular flexibility index (Phi) is 9.04. The Labute approximate surface area is 370 Å². The van der Waals surface area contributed by atoms with E-state index in [4.69, 9.17) is 0 Å². The van der Waals surface area contributed by atoms with E-state index >= 15 is 0 Å². The van der Waals surface area contributed by atoms with Gasteiger partial charge < -0.3 is 9.80 Å². The van der Waals surface area contributed by atoms with Crippen LogP contribution in [0.3, 0.4) is 0 Å². The van der Waals surface area contributed by atoms with Gasteiger partial charge >= 0.3 is 0 Å². The van der Waals surface area contributed by atoms with Crippen molar-refractivity contribution in [1.29, 1.82) is 0 Å². The molecule has 0 spiro atoms. The van der Waals surface area contributed by atoms with Crippen molar-refractivity contribution < 1.29 is 0 Å². The van der Waals surface area contributed by atoms with E-state index in [1.807, 2.05) is 0 Å². The van der Waals surface area contributed by atoms with E-state index in [1.54, 1.807) is 0 Å². The van der Waals surface area contributed by atoms with Gasteiger partial charge in [0.2, 0.25) is 0 Å². The van der Waals surface area contributed by atoms with Crippen molar-refractivity contribution in [3.05, 3.63) is 271 Å². The smallest absolute Gasteiger partial charge is 0.0629 e. The highest BCUT2D eigenvalue weighted by atomic mass is 15.2. The largest absolute Gasteiger partial charge is 0.333 e. The third-order valence-electron chi connectivity index (χ3n) is 13.9. The van der Waals surface area contributed by atoms with Crippen molar-refractivity contribution in [1.82, 2.24) is 0 Å². The van der Waals surface area contributed by atoms with Crippen molar-refractivity contribution >= 4 is 28.4 Å². The Morgan fingerprint density at radius 2 is 1.03 bits per heavy atom. The van der Waals surface area contributed by atoms with Gasteiger partial charge in [0, 0.05) is 34.4 Å². The predicted octanol–water partition coefficient (Wildman–Crippen LogP) is 15.7. The second kappa shape index (κ2) is 15.3. The molecule has 0 bridgehead atoms. The van der Waals surface area contributed by atoms with Gasteiger partial charge in [-0.15, -0.1) is 0 Å². The number of rotatable bonds is 8. The second-order valence-electron chi connectivity index (χ2n) is 17.2. The molecule has 0 radical (unpaired) electrons. The molecule has 63 heavy (non-hydrogen) atoms. The molecule has 2 heteroatoms. The molecule has 1 heterocycles. The lowest BCUT2D eigenvalue weighted by atomic mass is 9.62. The topological polar surface area (TPSA) is 6.48 Å². The zero-order chi connectivity index (χ0) is 41.7. The number of fused-ring (bicyclic) bond motifs is 6. The quantitative estimate of drug-likeness (QED) is 0.151. The van der Waals surface area contributed by atoms with Crippen LogP contribution in [0.15, 0.2) is 249 Å². The molecule has 300 valence electrons. The summed E-state index contributed by atoms with van der Waals surface area (Å²) in [5, 5.41) is 0. The lowest BCUT2D eigenvalue weighted by Crippen LogP contribution is -2.35. The summed E-state index contributed by atoms with van der Waals surface area (Å²) in [5.41, 5.74) is 18.4. The molecule has 4 aliphatic rings. The molecule has 12 rings (SSSR count). The van der Waals surface area contributed by atoms with Gasteiger partial charge in [-0.2, -0.15) is 0 Å². The van der Waals surface area contributed by atoms with Crippen LogP contribution in [0.2, 0.25) is 0 Å². The van der Waals surface area contributed by atoms with Gasteiger partial charge in [-0.25, -0.2) is 0 Å². The van der Waals surface area contributed by atoms with E-state index in [-0.39, 0.29) is 17.4 Å². The molecule has 8 aromatic rings. The van der Waals surface area contributed by atoms with Gasteiger partial charge in [0.25, 0.3) is 0 Å². The highest BCUT2D eigenvalue weighted by Crippen LogP contribution is 2.59. The minimum Gasteiger partial charge on any atom is -0.333 e. The van der Waals surface area contributed by atoms with Crippen LogP contribution in [0.1, 0.15) is 34.6 Å². The fourth-order valence-corrected chi connectivity index (χ4v) is 11.1. The zero-order valence-electron chi connectivity index (χ0n) is 35.0. The fourth-order valence-electron chi connectivity index (χ4n) is 11.1. The van der Waals surface area contributed by atoms with Crippen LogP contribution in [0.5, 0.6) is 0 Å². The number of hydrogen-bond acceptors (Lipinski definition) is 2. The Morgan fingerprint density at radius 1 is 0.444 bits per heavy atom. The number of hydrogen-bond donors (Lipinski definition) is 0. The first-order valence-corrected chi connectivity index (χ1v) is 22.3. The molecule has 1 aliphatic heterocycles. The van der Waals surface area contributed by atoms with Crippen LogP contribution in [-0.4, -0.2) is 6.04 Å². The standard InChI is InChI=1S/C61H46N2/c1-5-17-43(18-6-1)44-29-34-50(35-30-44)62(51-36-31-45(32-37-51)46-33-40-60-56(41-46)55-26-14-16-28-59(55)63(60)49-23-11-4-12-24-49)52-38-39-54-53-25-13-15-27-57(53)61(58(54)42-52,47-19-7-2-8-20-47)48-21-9-3-10-22-48/h1-21,23-42,48,55,59H,22H2. The second-order valence-corrected chi connectivity index (χ2v) is 17.2. The maximum Gasteiger partial charge on any atom is 0.0629 e. The van der Waals surface area contributed by atoms with E-state index in [0.717, 1.165) is 23.5 Å². The number of para-hydroxylation sites is 1. The molecule has 2 nitrogen and oxygen atoms in total. The molecule has 4 unspecified atom stereocenters. The first-order valence-electron chi connectivity index (χ1n) is 22.3. The van der Waals surface area contributed by atoms with Crippen LogP contribution >= 0.6 is 0 Å². The maximum atomic E-state index is 2.50. The fraction of sp³-hybridized carbons (Fsp3) is 0.0820. The van der Waals surface area contributed by atoms with Crippen LogP contribution in [-0.2, 0) is 5.41 Å². The Balaban J connectivity index is 0.984. The van der Waals surface area contributed by atoms with E-state index in [9.17, 15) is 0 Å². The van der Waals surface area contributed by atoms with Gasteiger partial charge in [-0.05, 0) is 129 Å². The molecular weight excluding hydrogens is 761 g/mol. The number of benzene rings is 8. The molecule has 0 saturated carbocycles. The summed E-state index contributed by atoms with van der Waals surface area (Å²) < 4.78 is 0. The maximum absolute atomic E-state index is 2.50. The average Bonchev–Trinajstić information content (AvgIpc) is 3.86. The predicted molar refractivity (Wildman–Crippen MR) is 264 cm³/mol.